The molecule has 1 saturated heterocycles. The van der Waals surface area contributed by atoms with Crippen LogP contribution in [0.2, 0.25) is 0 Å². The molecule has 136 valence electrons. The van der Waals surface area contributed by atoms with Crippen LogP contribution in [0.3, 0.4) is 0 Å². The Morgan fingerprint density at radius 1 is 1.24 bits per heavy atom. The summed E-state index contributed by atoms with van der Waals surface area (Å²) in [5, 5.41) is 11.9. The van der Waals surface area contributed by atoms with Gasteiger partial charge in [0.2, 0.25) is 5.91 Å². The minimum absolute atomic E-state index is 0.0879. The number of aliphatic carboxylic acids is 1. The maximum atomic E-state index is 12.5. The fourth-order valence-electron chi connectivity index (χ4n) is 3.12. The normalized spacial score (nSPS) is 18.7. The molecule has 0 bridgehead atoms. The number of benzene rings is 1. The lowest BCUT2D eigenvalue weighted by Gasteiger charge is -2.32. The topological polar surface area (TPSA) is 86.7 Å². The molecule has 1 fully saturated rings. The Morgan fingerprint density at radius 2 is 1.92 bits per heavy atom. The van der Waals surface area contributed by atoms with Gasteiger partial charge in [-0.25, -0.2) is 4.79 Å². The average Bonchev–Trinajstić information content (AvgIpc) is 2.60. The molecular formula is C19H26N2O4. The summed E-state index contributed by atoms with van der Waals surface area (Å²) in [6.45, 7) is 4.78. The van der Waals surface area contributed by atoms with Crippen molar-refractivity contribution < 1.29 is 19.5 Å². The van der Waals surface area contributed by atoms with Crippen molar-refractivity contribution >= 4 is 17.8 Å². The Balaban J connectivity index is 1.99. The van der Waals surface area contributed by atoms with Gasteiger partial charge in [0.25, 0.3) is 5.91 Å². The third-order valence-corrected chi connectivity index (χ3v) is 4.42. The van der Waals surface area contributed by atoms with E-state index in [1.807, 2.05) is 32.0 Å². The van der Waals surface area contributed by atoms with E-state index < -0.39 is 12.0 Å². The van der Waals surface area contributed by atoms with Crippen LogP contribution >= 0.6 is 0 Å². The average molecular weight is 346 g/mol. The summed E-state index contributed by atoms with van der Waals surface area (Å²) in [5.74, 6) is -1.58. The highest BCUT2D eigenvalue weighted by Crippen LogP contribution is 2.19. The first-order chi connectivity index (χ1) is 11.9. The van der Waals surface area contributed by atoms with Gasteiger partial charge in [-0.2, -0.15) is 0 Å². The standard InChI is InChI=1S/C19H26N2O4/c1-13(2)11-16(19(24)25)20-17(22)15-9-6-10-21(12-15)18(23)14-7-4-3-5-8-14/h3-5,7-8,13,15-16H,6,9-12H2,1-2H3,(H,20,22)(H,24,25)/t15?,16-/m0/s1. The van der Waals surface area contributed by atoms with Crippen molar-refractivity contribution in [3.63, 3.8) is 0 Å². The number of hydrogen-bond acceptors (Lipinski definition) is 3. The molecule has 2 amide bonds. The van der Waals surface area contributed by atoms with Gasteiger partial charge in [-0.1, -0.05) is 32.0 Å². The van der Waals surface area contributed by atoms with Crippen LogP contribution in [0.4, 0.5) is 0 Å². The molecule has 1 heterocycles. The number of piperidine rings is 1. The quantitative estimate of drug-likeness (QED) is 0.826. The van der Waals surface area contributed by atoms with Crippen molar-refractivity contribution in [2.75, 3.05) is 13.1 Å². The Kier molecular flexibility index (Phi) is 6.56. The molecule has 0 radical (unpaired) electrons. The van der Waals surface area contributed by atoms with Crippen LogP contribution in [0, 0.1) is 11.8 Å². The van der Waals surface area contributed by atoms with Crippen LogP contribution in [0.1, 0.15) is 43.5 Å². The van der Waals surface area contributed by atoms with Gasteiger partial charge >= 0.3 is 5.97 Å². The zero-order valence-electron chi connectivity index (χ0n) is 14.8. The number of rotatable bonds is 6. The summed E-state index contributed by atoms with van der Waals surface area (Å²) in [6, 6.07) is 8.11. The molecular weight excluding hydrogens is 320 g/mol. The first-order valence-electron chi connectivity index (χ1n) is 8.76. The largest absolute Gasteiger partial charge is 0.480 e. The molecule has 2 rings (SSSR count). The lowest BCUT2D eigenvalue weighted by molar-refractivity contribution is -0.143. The Bertz CT molecular complexity index is 615. The van der Waals surface area contributed by atoms with Crippen LogP contribution in [0.15, 0.2) is 30.3 Å². The van der Waals surface area contributed by atoms with E-state index in [2.05, 4.69) is 5.32 Å². The fourth-order valence-corrected chi connectivity index (χ4v) is 3.12. The molecule has 1 unspecified atom stereocenters. The van der Waals surface area contributed by atoms with Gasteiger partial charge in [0.15, 0.2) is 0 Å². The SMILES string of the molecule is CC(C)C[C@H](NC(=O)C1CCCN(C(=O)c2ccccc2)C1)C(=O)O. The van der Waals surface area contributed by atoms with E-state index >= 15 is 0 Å². The van der Waals surface area contributed by atoms with Crippen LogP contribution in [-0.4, -0.2) is 46.9 Å². The number of carboxylic acid groups (broad SMARTS) is 1. The third kappa shape index (κ3) is 5.31. The smallest absolute Gasteiger partial charge is 0.326 e. The lowest BCUT2D eigenvalue weighted by atomic mass is 9.95. The van der Waals surface area contributed by atoms with E-state index in [1.165, 1.54) is 0 Å². The van der Waals surface area contributed by atoms with E-state index in [-0.39, 0.29) is 23.7 Å². The maximum Gasteiger partial charge on any atom is 0.326 e. The van der Waals surface area contributed by atoms with Gasteiger partial charge in [-0.3, -0.25) is 9.59 Å². The van der Waals surface area contributed by atoms with Crippen molar-refractivity contribution in [2.24, 2.45) is 11.8 Å². The number of carbonyl (C=O) groups excluding carboxylic acids is 2. The molecule has 0 saturated carbocycles. The Hall–Kier alpha value is -2.37. The van der Waals surface area contributed by atoms with Crippen LogP contribution in [0.25, 0.3) is 0 Å². The van der Waals surface area contributed by atoms with Gasteiger partial charge < -0.3 is 15.3 Å². The lowest BCUT2D eigenvalue weighted by Crippen LogP contribution is -2.49. The Morgan fingerprint density at radius 3 is 2.52 bits per heavy atom. The van der Waals surface area contributed by atoms with E-state index in [0.717, 1.165) is 6.42 Å². The number of nitrogens with one attached hydrogen (secondary N) is 1. The number of amides is 2. The van der Waals surface area contributed by atoms with Crippen LogP contribution in [0.5, 0.6) is 0 Å². The van der Waals surface area contributed by atoms with Crippen LogP contribution in [-0.2, 0) is 9.59 Å². The number of carboxylic acids is 1. The molecule has 1 aromatic carbocycles. The summed E-state index contributed by atoms with van der Waals surface area (Å²) in [6.07, 6.45) is 1.79. The van der Waals surface area contributed by atoms with Crippen molar-refractivity contribution in [1.29, 1.82) is 0 Å². The second-order valence-corrected chi connectivity index (χ2v) is 6.99. The molecule has 1 aromatic rings. The van der Waals surface area contributed by atoms with Gasteiger partial charge in [0.1, 0.15) is 6.04 Å². The number of hydrogen-bond donors (Lipinski definition) is 2. The highest BCUT2D eigenvalue weighted by Gasteiger charge is 2.31. The van der Waals surface area contributed by atoms with Gasteiger partial charge in [-0.05, 0) is 37.3 Å². The third-order valence-electron chi connectivity index (χ3n) is 4.42. The number of carbonyl (C=O) groups is 3. The minimum atomic E-state index is -1.02. The van der Waals surface area contributed by atoms with Crippen LogP contribution < -0.4 is 5.32 Å². The highest BCUT2D eigenvalue weighted by atomic mass is 16.4. The van der Waals surface area contributed by atoms with Gasteiger partial charge in [0.05, 0.1) is 5.92 Å². The molecule has 0 spiro atoms. The van der Waals surface area contributed by atoms with Crippen molar-refractivity contribution in [1.82, 2.24) is 10.2 Å². The first-order valence-corrected chi connectivity index (χ1v) is 8.76. The predicted molar refractivity (Wildman–Crippen MR) is 94.1 cm³/mol. The summed E-state index contributed by atoms with van der Waals surface area (Å²) in [4.78, 5) is 38.0. The summed E-state index contributed by atoms with van der Waals surface area (Å²) in [5.41, 5.74) is 0.603. The number of likely N-dealkylation sites (tertiary alicyclic amines) is 1. The van der Waals surface area contributed by atoms with Crippen molar-refractivity contribution in [3.8, 4) is 0 Å². The predicted octanol–water partition coefficient (Wildman–Crippen LogP) is 2.15. The molecule has 25 heavy (non-hydrogen) atoms. The zero-order chi connectivity index (χ0) is 18.4. The second-order valence-electron chi connectivity index (χ2n) is 6.99. The number of nitrogens with zero attached hydrogens (tertiary/aromatic N) is 1. The molecule has 0 aromatic heterocycles. The van der Waals surface area contributed by atoms with Gasteiger partial charge in [0, 0.05) is 18.7 Å². The Labute approximate surface area is 148 Å². The molecule has 1 aliphatic rings. The highest BCUT2D eigenvalue weighted by molar-refractivity contribution is 5.94. The molecule has 6 heteroatoms. The maximum absolute atomic E-state index is 12.5. The molecule has 6 nitrogen and oxygen atoms in total. The van der Waals surface area contributed by atoms with E-state index in [0.29, 0.717) is 31.5 Å². The second kappa shape index (κ2) is 8.65. The van der Waals surface area contributed by atoms with Crippen molar-refractivity contribution in [3.05, 3.63) is 35.9 Å². The van der Waals surface area contributed by atoms with Gasteiger partial charge in [-0.15, -0.1) is 0 Å². The fraction of sp³-hybridized carbons (Fsp3) is 0.526. The molecule has 2 N–H and O–H groups in total. The summed E-state index contributed by atoms with van der Waals surface area (Å²) < 4.78 is 0. The van der Waals surface area contributed by atoms with E-state index in [4.69, 9.17) is 0 Å². The summed E-state index contributed by atoms with van der Waals surface area (Å²) in [7, 11) is 0. The zero-order valence-corrected chi connectivity index (χ0v) is 14.8. The molecule has 2 atom stereocenters. The molecule has 0 aliphatic carbocycles. The van der Waals surface area contributed by atoms with Crippen molar-refractivity contribution in [2.45, 2.75) is 39.2 Å². The first kappa shape index (κ1) is 19.0. The van der Waals surface area contributed by atoms with E-state index in [9.17, 15) is 19.5 Å². The summed E-state index contributed by atoms with van der Waals surface area (Å²) >= 11 is 0. The molecule has 1 aliphatic heterocycles. The minimum Gasteiger partial charge on any atom is -0.480 e. The monoisotopic (exact) mass is 346 g/mol. The van der Waals surface area contributed by atoms with E-state index in [1.54, 1.807) is 17.0 Å².